The average molecular weight is 404 g/mol. The molecular weight excluding hydrogens is 380 g/mol. The number of unbranched alkanes of at least 4 members (excludes halogenated alkanes) is 1. The Hall–Kier alpha value is -2.87. The Morgan fingerprint density at radius 3 is 2.43 bits per heavy atom. The molecule has 150 valence electrons. The molecule has 0 aromatic heterocycles. The summed E-state index contributed by atoms with van der Waals surface area (Å²) in [6.45, 7) is 2.47. The van der Waals surface area contributed by atoms with Crippen LogP contribution in [0.5, 0.6) is 5.75 Å². The summed E-state index contributed by atoms with van der Waals surface area (Å²) in [6, 6.07) is 12.6. The van der Waals surface area contributed by atoms with Crippen LogP contribution >= 0.6 is 0 Å². The molecular formula is C20H24N2O5S. The largest absolute Gasteiger partial charge is 0.494 e. The summed E-state index contributed by atoms with van der Waals surface area (Å²) in [6.07, 6.45) is 3.10. The van der Waals surface area contributed by atoms with Crippen molar-refractivity contribution in [2.75, 3.05) is 24.7 Å². The fourth-order valence-electron chi connectivity index (χ4n) is 2.31. The number of benzene rings is 2. The lowest BCUT2D eigenvalue weighted by molar-refractivity contribution is -0.115. The molecule has 0 heterocycles. The average Bonchev–Trinajstić information content (AvgIpc) is 2.66. The van der Waals surface area contributed by atoms with Gasteiger partial charge in [0.2, 0.25) is 5.91 Å². The van der Waals surface area contributed by atoms with Gasteiger partial charge >= 0.3 is 0 Å². The molecule has 0 aliphatic carbocycles. The molecule has 0 saturated heterocycles. The van der Waals surface area contributed by atoms with Crippen LogP contribution in [0.15, 0.2) is 53.4 Å². The highest BCUT2D eigenvalue weighted by Gasteiger charge is 2.11. The minimum absolute atomic E-state index is 0.107. The summed E-state index contributed by atoms with van der Waals surface area (Å²) >= 11 is 0. The zero-order valence-corrected chi connectivity index (χ0v) is 16.7. The van der Waals surface area contributed by atoms with Crippen LogP contribution in [-0.2, 0) is 14.6 Å². The first-order chi connectivity index (χ1) is 13.3. The van der Waals surface area contributed by atoms with Gasteiger partial charge in [-0.25, -0.2) is 8.42 Å². The van der Waals surface area contributed by atoms with Crippen LogP contribution in [0.2, 0.25) is 0 Å². The Balaban J connectivity index is 1.86. The number of amides is 2. The number of sulfone groups is 1. The molecule has 2 rings (SSSR count). The number of carbonyl (C=O) groups is 2. The Morgan fingerprint density at radius 1 is 1.07 bits per heavy atom. The van der Waals surface area contributed by atoms with Crippen LogP contribution in [0.4, 0.5) is 5.69 Å². The van der Waals surface area contributed by atoms with Crippen molar-refractivity contribution in [1.29, 1.82) is 0 Å². The van der Waals surface area contributed by atoms with E-state index >= 15 is 0 Å². The third kappa shape index (κ3) is 6.70. The second-order valence-electron chi connectivity index (χ2n) is 6.26. The molecule has 2 N–H and O–H groups in total. The Kier molecular flexibility index (Phi) is 7.57. The van der Waals surface area contributed by atoms with E-state index < -0.39 is 15.7 Å². The lowest BCUT2D eigenvalue weighted by atomic mass is 10.2. The van der Waals surface area contributed by atoms with E-state index in [1.165, 1.54) is 18.2 Å². The molecule has 0 atom stereocenters. The predicted octanol–water partition coefficient (Wildman–Crippen LogP) is 2.64. The van der Waals surface area contributed by atoms with E-state index in [1.54, 1.807) is 30.3 Å². The lowest BCUT2D eigenvalue weighted by Crippen LogP contribution is -2.32. The second-order valence-corrected chi connectivity index (χ2v) is 8.27. The first kappa shape index (κ1) is 21.4. The number of ether oxygens (including phenoxy) is 1. The third-order valence-electron chi connectivity index (χ3n) is 3.84. The van der Waals surface area contributed by atoms with E-state index in [9.17, 15) is 18.0 Å². The van der Waals surface area contributed by atoms with E-state index in [4.69, 9.17) is 4.74 Å². The number of hydrogen-bond donors (Lipinski definition) is 2. The molecule has 28 heavy (non-hydrogen) atoms. The third-order valence-corrected chi connectivity index (χ3v) is 4.95. The molecule has 2 aromatic carbocycles. The molecule has 0 aliphatic rings. The Labute approximate surface area is 165 Å². The van der Waals surface area contributed by atoms with Gasteiger partial charge in [0, 0.05) is 17.5 Å². The van der Waals surface area contributed by atoms with Gasteiger partial charge in [-0.2, -0.15) is 0 Å². The van der Waals surface area contributed by atoms with Crippen molar-refractivity contribution in [2.24, 2.45) is 0 Å². The van der Waals surface area contributed by atoms with Gasteiger partial charge in [-0.3, -0.25) is 9.59 Å². The highest BCUT2D eigenvalue weighted by Crippen LogP contribution is 2.15. The molecule has 0 aliphatic heterocycles. The first-order valence-electron chi connectivity index (χ1n) is 8.90. The van der Waals surface area contributed by atoms with E-state index in [2.05, 4.69) is 17.6 Å². The monoisotopic (exact) mass is 404 g/mol. The van der Waals surface area contributed by atoms with Crippen LogP contribution < -0.4 is 15.4 Å². The minimum atomic E-state index is -3.37. The maximum absolute atomic E-state index is 12.1. The van der Waals surface area contributed by atoms with Crippen LogP contribution in [0, 0.1) is 0 Å². The minimum Gasteiger partial charge on any atom is -0.494 e. The predicted molar refractivity (Wildman–Crippen MR) is 107 cm³/mol. The molecule has 0 saturated carbocycles. The van der Waals surface area contributed by atoms with Gasteiger partial charge in [0.15, 0.2) is 9.84 Å². The fourth-order valence-corrected chi connectivity index (χ4v) is 2.98. The number of rotatable bonds is 9. The summed E-state index contributed by atoms with van der Waals surface area (Å²) < 4.78 is 28.7. The zero-order chi connectivity index (χ0) is 20.6. The van der Waals surface area contributed by atoms with Crippen molar-refractivity contribution in [3.05, 3.63) is 54.1 Å². The van der Waals surface area contributed by atoms with Gasteiger partial charge < -0.3 is 15.4 Å². The van der Waals surface area contributed by atoms with Gasteiger partial charge in [0.05, 0.1) is 18.0 Å². The van der Waals surface area contributed by atoms with E-state index in [-0.39, 0.29) is 17.3 Å². The number of anilines is 1. The molecule has 0 spiro atoms. The molecule has 8 heteroatoms. The smallest absolute Gasteiger partial charge is 0.251 e. The van der Waals surface area contributed by atoms with Crippen LogP contribution in [0.1, 0.15) is 30.1 Å². The highest BCUT2D eigenvalue weighted by atomic mass is 32.2. The van der Waals surface area contributed by atoms with Crippen molar-refractivity contribution < 1.29 is 22.7 Å². The summed E-state index contributed by atoms with van der Waals surface area (Å²) in [5.41, 5.74) is 0.755. The number of hydrogen-bond acceptors (Lipinski definition) is 5. The van der Waals surface area contributed by atoms with Gasteiger partial charge in [-0.15, -0.1) is 0 Å². The fraction of sp³-hybridized carbons (Fsp3) is 0.300. The molecule has 0 unspecified atom stereocenters. The first-order valence-corrected chi connectivity index (χ1v) is 10.8. The normalized spacial score (nSPS) is 10.9. The van der Waals surface area contributed by atoms with Gasteiger partial charge in [-0.1, -0.05) is 19.4 Å². The Morgan fingerprint density at radius 2 is 1.79 bits per heavy atom. The molecule has 0 fully saturated rings. The zero-order valence-electron chi connectivity index (χ0n) is 15.9. The summed E-state index contributed by atoms with van der Waals surface area (Å²) in [5, 5.41) is 5.09. The van der Waals surface area contributed by atoms with Crippen molar-refractivity contribution in [2.45, 2.75) is 24.7 Å². The van der Waals surface area contributed by atoms with Crippen molar-refractivity contribution in [3.63, 3.8) is 0 Å². The summed E-state index contributed by atoms with van der Waals surface area (Å²) in [4.78, 5) is 24.3. The van der Waals surface area contributed by atoms with Gasteiger partial charge in [0.25, 0.3) is 5.91 Å². The van der Waals surface area contributed by atoms with E-state index in [1.807, 2.05) is 0 Å². The SMILES string of the molecule is CCCCOc1ccc(C(=O)NCC(=O)Nc2cccc(S(C)(=O)=O)c2)cc1. The van der Waals surface area contributed by atoms with Gasteiger partial charge in [-0.05, 0) is 48.9 Å². The molecule has 2 amide bonds. The molecule has 2 aromatic rings. The summed E-state index contributed by atoms with van der Waals surface area (Å²) in [7, 11) is -3.37. The lowest BCUT2D eigenvalue weighted by Gasteiger charge is -2.09. The van der Waals surface area contributed by atoms with Crippen LogP contribution in [0.25, 0.3) is 0 Å². The van der Waals surface area contributed by atoms with Crippen molar-refractivity contribution in [1.82, 2.24) is 5.32 Å². The van der Waals surface area contributed by atoms with Crippen molar-refractivity contribution in [3.8, 4) is 5.75 Å². The Bertz CT molecular complexity index is 924. The quantitative estimate of drug-likeness (QED) is 0.626. The van der Waals surface area contributed by atoms with Crippen molar-refractivity contribution >= 4 is 27.3 Å². The number of nitrogens with one attached hydrogen (secondary N) is 2. The van der Waals surface area contributed by atoms with Crippen LogP contribution in [-0.4, -0.2) is 39.6 Å². The maximum atomic E-state index is 12.1. The van der Waals surface area contributed by atoms with E-state index in [0.29, 0.717) is 23.6 Å². The summed E-state index contributed by atoms with van der Waals surface area (Å²) in [5.74, 6) is -0.160. The van der Waals surface area contributed by atoms with E-state index in [0.717, 1.165) is 19.1 Å². The van der Waals surface area contributed by atoms with Crippen LogP contribution in [0.3, 0.4) is 0 Å². The second kappa shape index (κ2) is 9.89. The standard InChI is InChI=1S/C20H24N2O5S/c1-3-4-12-27-17-10-8-15(9-11-17)20(24)21-14-19(23)22-16-6-5-7-18(13-16)28(2,25)26/h5-11,13H,3-4,12,14H2,1-2H3,(H,21,24)(H,22,23). The van der Waals surface area contributed by atoms with Gasteiger partial charge in [0.1, 0.15) is 5.75 Å². The molecule has 7 nitrogen and oxygen atoms in total. The highest BCUT2D eigenvalue weighted by molar-refractivity contribution is 7.90. The topological polar surface area (TPSA) is 102 Å². The number of carbonyl (C=O) groups excluding carboxylic acids is 2. The molecule has 0 radical (unpaired) electrons. The maximum Gasteiger partial charge on any atom is 0.251 e. The molecule has 0 bridgehead atoms.